The Morgan fingerprint density at radius 3 is 3.21 bits per heavy atom. The summed E-state index contributed by atoms with van der Waals surface area (Å²) in [5, 5.41) is 6.24. The lowest BCUT2D eigenvalue weighted by Gasteiger charge is -2.01. The molecule has 0 aliphatic heterocycles. The van der Waals surface area contributed by atoms with E-state index in [-0.39, 0.29) is 0 Å². The average Bonchev–Trinajstić information content (AvgIpc) is 2.82. The molecule has 3 N–H and O–H groups in total. The van der Waals surface area contributed by atoms with Crippen LogP contribution in [0.5, 0.6) is 0 Å². The summed E-state index contributed by atoms with van der Waals surface area (Å²) in [6, 6.07) is 0.582. The number of aliphatic imine (C=N–C) groups is 1. The highest BCUT2D eigenvalue weighted by atomic mass is 32.1. The Morgan fingerprint density at radius 1 is 1.71 bits per heavy atom. The van der Waals surface area contributed by atoms with E-state index in [4.69, 9.17) is 5.73 Å². The summed E-state index contributed by atoms with van der Waals surface area (Å²) in [6.45, 7) is 0.721. The summed E-state index contributed by atoms with van der Waals surface area (Å²) in [6.07, 6.45) is 5.14. The minimum absolute atomic E-state index is 0.573. The van der Waals surface area contributed by atoms with Crippen LogP contribution in [0.4, 0.5) is 0 Å². The molecule has 2 rings (SSSR count). The number of nitrogens with zero attached hydrogens (tertiary/aromatic N) is 2. The number of hydrogen-bond donors (Lipinski definition) is 2. The summed E-state index contributed by atoms with van der Waals surface area (Å²) in [4.78, 5) is 8.40. The fourth-order valence-corrected chi connectivity index (χ4v) is 1.74. The molecule has 14 heavy (non-hydrogen) atoms. The number of guanidine groups is 1. The van der Waals surface area contributed by atoms with Gasteiger partial charge in [-0.05, 0) is 12.8 Å². The van der Waals surface area contributed by atoms with Crippen molar-refractivity contribution in [2.75, 3.05) is 6.54 Å². The van der Waals surface area contributed by atoms with E-state index in [1.165, 1.54) is 12.8 Å². The first-order valence-corrected chi connectivity index (χ1v) is 5.67. The molecule has 1 heterocycles. The van der Waals surface area contributed by atoms with E-state index >= 15 is 0 Å². The van der Waals surface area contributed by atoms with Crippen molar-refractivity contribution in [3.8, 4) is 0 Å². The number of thiazole rings is 1. The predicted octanol–water partition coefficient (Wildman–Crippen LogP) is 0.752. The van der Waals surface area contributed by atoms with Crippen molar-refractivity contribution in [3.63, 3.8) is 0 Å². The summed E-state index contributed by atoms with van der Waals surface area (Å²) in [5.41, 5.74) is 5.68. The molecule has 0 bridgehead atoms. The van der Waals surface area contributed by atoms with Gasteiger partial charge < -0.3 is 11.1 Å². The molecule has 0 atom stereocenters. The molecular weight excluding hydrogens is 196 g/mol. The van der Waals surface area contributed by atoms with Crippen LogP contribution in [0.3, 0.4) is 0 Å². The van der Waals surface area contributed by atoms with Crippen LogP contribution in [0, 0.1) is 0 Å². The van der Waals surface area contributed by atoms with Crippen LogP contribution in [0.2, 0.25) is 0 Å². The van der Waals surface area contributed by atoms with Crippen LogP contribution in [-0.2, 0) is 6.42 Å². The van der Waals surface area contributed by atoms with Crippen molar-refractivity contribution in [1.29, 1.82) is 0 Å². The van der Waals surface area contributed by atoms with Gasteiger partial charge in [0.2, 0.25) is 0 Å². The largest absolute Gasteiger partial charge is 0.370 e. The Hall–Kier alpha value is -1.10. The van der Waals surface area contributed by atoms with Crippen LogP contribution in [0.25, 0.3) is 0 Å². The molecule has 1 aliphatic carbocycles. The second-order valence-electron chi connectivity index (χ2n) is 3.36. The van der Waals surface area contributed by atoms with Gasteiger partial charge in [0.1, 0.15) is 0 Å². The quantitative estimate of drug-likeness (QED) is 0.569. The minimum Gasteiger partial charge on any atom is -0.370 e. The highest BCUT2D eigenvalue weighted by Gasteiger charge is 2.21. The molecule has 5 heteroatoms. The van der Waals surface area contributed by atoms with Crippen molar-refractivity contribution in [2.24, 2.45) is 10.7 Å². The standard InChI is InChI=1S/C9H14N4S/c10-9(13-7-1-2-7)12-4-3-8-11-5-6-14-8/h5-7H,1-4H2,(H3,10,12,13). The first-order valence-electron chi connectivity index (χ1n) is 4.79. The number of nitrogens with two attached hydrogens (primary N) is 1. The maximum absolute atomic E-state index is 5.68. The Morgan fingerprint density at radius 2 is 2.57 bits per heavy atom. The lowest BCUT2D eigenvalue weighted by atomic mass is 10.4. The number of rotatable bonds is 4. The summed E-state index contributed by atoms with van der Waals surface area (Å²) < 4.78 is 0. The minimum atomic E-state index is 0.573. The SMILES string of the molecule is NC(=NCCc1nccs1)NC1CC1. The van der Waals surface area contributed by atoms with Gasteiger partial charge in [0.05, 0.1) is 5.01 Å². The molecule has 0 aromatic carbocycles. The fourth-order valence-electron chi connectivity index (χ4n) is 1.13. The molecule has 0 spiro atoms. The Balaban J connectivity index is 1.69. The third kappa shape index (κ3) is 2.99. The Bertz CT molecular complexity index is 303. The Labute approximate surface area is 87.3 Å². The Kier molecular flexibility index (Phi) is 2.98. The molecule has 0 amide bonds. The van der Waals surface area contributed by atoms with Gasteiger partial charge in [-0.2, -0.15) is 0 Å². The van der Waals surface area contributed by atoms with Gasteiger partial charge in [-0.25, -0.2) is 4.98 Å². The van der Waals surface area contributed by atoms with E-state index in [2.05, 4.69) is 15.3 Å². The van der Waals surface area contributed by atoms with Crippen LogP contribution >= 0.6 is 11.3 Å². The van der Waals surface area contributed by atoms with Gasteiger partial charge in [0.25, 0.3) is 0 Å². The van der Waals surface area contributed by atoms with Crippen LogP contribution in [0.1, 0.15) is 17.8 Å². The monoisotopic (exact) mass is 210 g/mol. The molecule has 0 radical (unpaired) electrons. The molecule has 4 nitrogen and oxygen atoms in total. The topological polar surface area (TPSA) is 63.3 Å². The van der Waals surface area contributed by atoms with Crippen molar-refractivity contribution >= 4 is 17.3 Å². The first kappa shape index (κ1) is 9.45. The second-order valence-corrected chi connectivity index (χ2v) is 4.34. The zero-order valence-electron chi connectivity index (χ0n) is 7.94. The highest BCUT2D eigenvalue weighted by molar-refractivity contribution is 7.09. The average molecular weight is 210 g/mol. The van der Waals surface area contributed by atoms with E-state index in [0.29, 0.717) is 12.0 Å². The maximum Gasteiger partial charge on any atom is 0.188 e. The molecule has 0 unspecified atom stereocenters. The van der Waals surface area contributed by atoms with Crippen LogP contribution in [-0.4, -0.2) is 23.5 Å². The number of nitrogens with one attached hydrogen (secondary N) is 1. The van der Waals surface area contributed by atoms with Gasteiger partial charge in [-0.1, -0.05) is 0 Å². The van der Waals surface area contributed by atoms with Gasteiger partial charge in [0.15, 0.2) is 5.96 Å². The third-order valence-electron chi connectivity index (χ3n) is 2.02. The van der Waals surface area contributed by atoms with E-state index in [9.17, 15) is 0 Å². The smallest absolute Gasteiger partial charge is 0.188 e. The fraction of sp³-hybridized carbons (Fsp3) is 0.556. The molecule has 1 aromatic heterocycles. The van der Waals surface area contributed by atoms with Gasteiger partial charge >= 0.3 is 0 Å². The molecule has 1 saturated carbocycles. The zero-order valence-corrected chi connectivity index (χ0v) is 8.76. The maximum atomic E-state index is 5.68. The summed E-state index contributed by atoms with van der Waals surface area (Å²) in [7, 11) is 0. The number of aromatic nitrogens is 1. The molecule has 1 aromatic rings. The van der Waals surface area contributed by atoms with E-state index in [1.54, 1.807) is 11.3 Å². The lowest BCUT2D eigenvalue weighted by molar-refractivity contribution is 0.868. The van der Waals surface area contributed by atoms with Gasteiger partial charge in [0, 0.05) is 30.6 Å². The van der Waals surface area contributed by atoms with E-state index in [0.717, 1.165) is 18.0 Å². The zero-order chi connectivity index (χ0) is 9.80. The van der Waals surface area contributed by atoms with Crippen molar-refractivity contribution in [1.82, 2.24) is 10.3 Å². The van der Waals surface area contributed by atoms with Gasteiger partial charge in [-0.15, -0.1) is 11.3 Å². The summed E-state index contributed by atoms with van der Waals surface area (Å²) >= 11 is 1.66. The van der Waals surface area contributed by atoms with Crippen LogP contribution in [0.15, 0.2) is 16.6 Å². The molecule has 1 aliphatic rings. The number of hydrogen-bond acceptors (Lipinski definition) is 3. The highest BCUT2D eigenvalue weighted by Crippen LogP contribution is 2.17. The van der Waals surface area contributed by atoms with Crippen LogP contribution < -0.4 is 11.1 Å². The van der Waals surface area contributed by atoms with E-state index in [1.807, 2.05) is 11.6 Å². The normalized spacial score (nSPS) is 17.0. The predicted molar refractivity (Wildman–Crippen MR) is 58.5 cm³/mol. The lowest BCUT2D eigenvalue weighted by Crippen LogP contribution is -2.33. The molecule has 0 saturated heterocycles. The molecule has 1 fully saturated rings. The summed E-state index contributed by atoms with van der Waals surface area (Å²) in [5.74, 6) is 0.573. The van der Waals surface area contributed by atoms with Gasteiger partial charge in [-0.3, -0.25) is 4.99 Å². The van der Waals surface area contributed by atoms with E-state index < -0.39 is 0 Å². The van der Waals surface area contributed by atoms with Crippen molar-refractivity contribution < 1.29 is 0 Å². The van der Waals surface area contributed by atoms with Crippen molar-refractivity contribution in [3.05, 3.63) is 16.6 Å². The second kappa shape index (κ2) is 4.41. The molecule has 76 valence electrons. The van der Waals surface area contributed by atoms with Crippen molar-refractivity contribution in [2.45, 2.75) is 25.3 Å². The third-order valence-corrected chi connectivity index (χ3v) is 2.86. The first-order chi connectivity index (χ1) is 6.84. The molecular formula is C9H14N4S.